The van der Waals surface area contributed by atoms with E-state index < -0.39 is 0 Å². The highest BCUT2D eigenvalue weighted by Gasteiger charge is 2.45. The first-order valence-corrected chi connectivity index (χ1v) is 17.8. The van der Waals surface area contributed by atoms with Crippen LogP contribution < -0.4 is 0 Å². The molecule has 1 unspecified atom stereocenters. The summed E-state index contributed by atoms with van der Waals surface area (Å²) in [6.07, 6.45) is 6.63. The number of nitrogens with zero attached hydrogens (tertiary/aromatic N) is 4. The summed E-state index contributed by atoms with van der Waals surface area (Å²) in [5.74, 6) is 4.37. The minimum Gasteiger partial charge on any atom is -0.455 e. The van der Waals surface area contributed by atoms with Gasteiger partial charge in [-0.05, 0) is 84.6 Å². The third-order valence-corrected chi connectivity index (χ3v) is 11.1. The fourth-order valence-corrected chi connectivity index (χ4v) is 9.28. The van der Waals surface area contributed by atoms with Gasteiger partial charge in [0.15, 0.2) is 17.5 Å². The topological polar surface area (TPSA) is 75.6 Å². The molecule has 5 heteroatoms. The van der Waals surface area contributed by atoms with Crippen molar-refractivity contribution in [2.75, 3.05) is 0 Å². The molecule has 0 N–H and O–H groups in total. The van der Waals surface area contributed by atoms with Crippen molar-refractivity contribution in [3.63, 3.8) is 0 Å². The molecule has 2 aliphatic rings. The lowest BCUT2D eigenvalue weighted by Gasteiger charge is -2.50. The van der Waals surface area contributed by atoms with Crippen molar-refractivity contribution in [2.24, 2.45) is 17.8 Å². The van der Waals surface area contributed by atoms with Crippen LogP contribution in [-0.2, 0) is 5.41 Å². The van der Waals surface area contributed by atoms with Crippen LogP contribution in [0.15, 0.2) is 120 Å². The van der Waals surface area contributed by atoms with Gasteiger partial charge in [-0.15, -0.1) is 0 Å². The summed E-state index contributed by atoms with van der Waals surface area (Å²) in [4.78, 5) is 15.0. The molecule has 0 radical (unpaired) electrons. The normalized spacial score (nSPS) is 21.7. The molecule has 2 saturated carbocycles. The van der Waals surface area contributed by atoms with E-state index >= 15 is 0 Å². The van der Waals surface area contributed by atoms with Crippen LogP contribution in [0.4, 0.5) is 0 Å². The Balaban J connectivity index is 1.08. The zero-order chi connectivity index (χ0) is 33.8. The molecule has 2 bridgehead atoms. The van der Waals surface area contributed by atoms with Crippen molar-refractivity contribution in [3.8, 4) is 51.4 Å². The molecule has 7 aromatic rings. The number of hydrogen-bond acceptors (Lipinski definition) is 5. The molecule has 50 heavy (non-hydrogen) atoms. The molecule has 0 aliphatic heterocycles. The monoisotopic (exact) mass is 650 g/mol. The number of nitriles is 1. The van der Waals surface area contributed by atoms with Gasteiger partial charge < -0.3 is 4.42 Å². The Kier molecular flexibility index (Phi) is 7.35. The number of benzene rings is 5. The average Bonchev–Trinajstić information content (AvgIpc) is 3.53. The van der Waals surface area contributed by atoms with Crippen LogP contribution in [0.25, 0.3) is 67.2 Å². The van der Waals surface area contributed by atoms with Crippen LogP contribution in [0, 0.1) is 29.1 Å². The van der Waals surface area contributed by atoms with Gasteiger partial charge in [-0.3, -0.25) is 0 Å². The smallest absolute Gasteiger partial charge is 0.164 e. The Hall–Kier alpha value is -5.60. The molecule has 5 aromatic carbocycles. The summed E-state index contributed by atoms with van der Waals surface area (Å²) in [7, 11) is 0. The van der Waals surface area contributed by atoms with Crippen LogP contribution in [0.5, 0.6) is 0 Å². The lowest BCUT2D eigenvalue weighted by atomic mass is 9.54. The zero-order valence-electron chi connectivity index (χ0n) is 28.4. The standard InChI is InChI=1S/C45H38N4O/c1-28-21-31-22-29(2)25-45(24-28,26-31)36-18-16-35(17-19-36)44-48-42(33-7-4-3-5-8-33)47-43(49-44)34-14-12-32(13-15-34)37-9-6-10-38-39-23-30(27-46)11-20-40(39)50-41(37)38/h3-20,23,28-29,31H,21-22,24-26H2,1-2H3/t28-,29+,31-,45?. The van der Waals surface area contributed by atoms with Gasteiger partial charge in [-0.25, -0.2) is 15.0 Å². The Labute approximate surface area is 292 Å². The zero-order valence-corrected chi connectivity index (χ0v) is 28.4. The Morgan fingerprint density at radius 1 is 0.620 bits per heavy atom. The van der Waals surface area contributed by atoms with Gasteiger partial charge in [0.05, 0.1) is 11.6 Å². The van der Waals surface area contributed by atoms with Crippen molar-refractivity contribution in [1.29, 1.82) is 5.26 Å². The number of hydrogen-bond donors (Lipinski definition) is 0. The van der Waals surface area contributed by atoms with Crippen molar-refractivity contribution in [3.05, 3.63) is 126 Å². The molecule has 2 fully saturated rings. The van der Waals surface area contributed by atoms with E-state index in [1.165, 1.54) is 37.7 Å². The fourth-order valence-electron chi connectivity index (χ4n) is 9.28. The first-order valence-electron chi connectivity index (χ1n) is 17.8. The van der Waals surface area contributed by atoms with Crippen LogP contribution in [-0.4, -0.2) is 15.0 Å². The van der Waals surface area contributed by atoms with Crippen LogP contribution in [0.1, 0.15) is 57.1 Å². The van der Waals surface area contributed by atoms with E-state index in [1.807, 2.05) is 54.6 Å². The molecular weight excluding hydrogens is 613 g/mol. The van der Waals surface area contributed by atoms with Gasteiger partial charge in [0.1, 0.15) is 11.2 Å². The molecule has 2 heterocycles. The number of para-hydroxylation sites is 1. The molecule has 9 rings (SSSR count). The van der Waals surface area contributed by atoms with Gasteiger partial charge in [0.25, 0.3) is 0 Å². The van der Waals surface area contributed by atoms with Crippen molar-refractivity contribution in [1.82, 2.24) is 15.0 Å². The van der Waals surface area contributed by atoms with Crippen molar-refractivity contribution >= 4 is 21.9 Å². The minimum absolute atomic E-state index is 0.284. The summed E-state index contributed by atoms with van der Waals surface area (Å²) in [6.45, 7) is 4.89. The summed E-state index contributed by atoms with van der Waals surface area (Å²) < 4.78 is 6.32. The van der Waals surface area contributed by atoms with Crippen LogP contribution in [0.3, 0.4) is 0 Å². The second kappa shape index (κ2) is 12.1. The van der Waals surface area contributed by atoms with Crippen LogP contribution in [0.2, 0.25) is 0 Å². The maximum atomic E-state index is 9.43. The van der Waals surface area contributed by atoms with Crippen LogP contribution >= 0.6 is 0 Å². The van der Waals surface area contributed by atoms with Crippen molar-refractivity contribution < 1.29 is 4.42 Å². The largest absolute Gasteiger partial charge is 0.455 e. The number of rotatable bonds is 5. The molecule has 0 amide bonds. The van der Waals surface area contributed by atoms with Gasteiger partial charge in [0.2, 0.25) is 0 Å². The van der Waals surface area contributed by atoms with Gasteiger partial charge in [-0.1, -0.05) is 111 Å². The van der Waals surface area contributed by atoms with Gasteiger partial charge >= 0.3 is 0 Å². The molecule has 0 saturated heterocycles. The number of aromatic nitrogens is 3. The summed E-state index contributed by atoms with van der Waals surface area (Å²) in [6, 6.07) is 41.6. The van der Waals surface area contributed by atoms with Gasteiger partial charge in [-0.2, -0.15) is 5.26 Å². The molecule has 5 nitrogen and oxygen atoms in total. The lowest BCUT2D eigenvalue weighted by molar-refractivity contribution is 0.0780. The van der Waals surface area contributed by atoms with E-state index in [-0.39, 0.29) is 5.41 Å². The van der Waals surface area contributed by atoms with Gasteiger partial charge in [0, 0.05) is 33.0 Å². The van der Waals surface area contributed by atoms with E-state index in [0.717, 1.165) is 67.5 Å². The first kappa shape index (κ1) is 30.5. The Morgan fingerprint density at radius 3 is 1.86 bits per heavy atom. The third kappa shape index (κ3) is 5.36. The predicted molar refractivity (Wildman–Crippen MR) is 200 cm³/mol. The van der Waals surface area contributed by atoms with Crippen molar-refractivity contribution in [2.45, 2.75) is 51.4 Å². The summed E-state index contributed by atoms with van der Waals surface area (Å²) >= 11 is 0. The Bertz CT molecular complexity index is 2380. The molecule has 0 spiro atoms. The summed E-state index contributed by atoms with van der Waals surface area (Å²) in [5.41, 5.74) is 8.86. The molecule has 4 atom stereocenters. The molecule has 2 aromatic heterocycles. The van der Waals surface area contributed by atoms with E-state index in [0.29, 0.717) is 23.0 Å². The average molecular weight is 651 g/mol. The van der Waals surface area contributed by atoms with E-state index in [1.54, 1.807) is 6.07 Å². The number of furan rings is 1. The molecular formula is C45H38N4O. The van der Waals surface area contributed by atoms with E-state index in [9.17, 15) is 5.26 Å². The molecule has 2 aliphatic carbocycles. The highest BCUT2D eigenvalue weighted by Crippen LogP contribution is 2.54. The van der Waals surface area contributed by atoms with E-state index in [2.05, 4.69) is 74.5 Å². The highest BCUT2D eigenvalue weighted by molar-refractivity contribution is 6.09. The maximum Gasteiger partial charge on any atom is 0.164 e. The quantitative estimate of drug-likeness (QED) is 0.185. The second-order valence-corrected chi connectivity index (χ2v) is 14.9. The molecule has 244 valence electrons. The fraction of sp³-hybridized carbons (Fsp3) is 0.244. The predicted octanol–water partition coefficient (Wildman–Crippen LogP) is 11.4. The lowest BCUT2D eigenvalue weighted by Crippen LogP contribution is -2.42. The Morgan fingerprint density at radius 2 is 1.22 bits per heavy atom. The SMILES string of the molecule is C[C@@H]1C[C@@H]2C[C@H](C)CC(c3ccc(-c4nc(-c5ccccc5)nc(-c5ccc(-c6cccc7c6oc6ccc(C#N)cc67)cc5)n4)cc3)(C1)C2. The minimum atomic E-state index is 0.284. The van der Waals surface area contributed by atoms with E-state index in [4.69, 9.17) is 19.4 Å². The first-order chi connectivity index (χ1) is 24.4. The maximum absolute atomic E-state index is 9.43. The second-order valence-electron chi connectivity index (χ2n) is 14.9. The highest BCUT2D eigenvalue weighted by atomic mass is 16.3. The third-order valence-electron chi connectivity index (χ3n) is 11.1. The number of fused-ring (bicyclic) bond motifs is 5. The summed E-state index contributed by atoms with van der Waals surface area (Å²) in [5, 5.41) is 11.4.